The molecule has 1 saturated carbocycles. The van der Waals surface area contributed by atoms with Crippen molar-refractivity contribution in [3.63, 3.8) is 0 Å². The van der Waals surface area contributed by atoms with Crippen molar-refractivity contribution in [2.24, 2.45) is 0 Å². The summed E-state index contributed by atoms with van der Waals surface area (Å²) in [6, 6.07) is 0.908. The molecule has 1 aromatic rings. The Labute approximate surface area is 146 Å². The largest absolute Gasteiger partial charge is 0.301 e. The summed E-state index contributed by atoms with van der Waals surface area (Å²) in [5.74, 6) is 1.13. The van der Waals surface area contributed by atoms with Crippen LogP contribution in [0.5, 0.6) is 0 Å². The van der Waals surface area contributed by atoms with Gasteiger partial charge in [0.1, 0.15) is 0 Å². The molecule has 2 fully saturated rings. The van der Waals surface area contributed by atoms with E-state index >= 15 is 0 Å². The molecule has 0 aromatic carbocycles. The fraction of sp³-hybridized carbons (Fsp3) is 0.944. The summed E-state index contributed by atoms with van der Waals surface area (Å²) < 4.78 is 2.19. The Morgan fingerprint density at radius 2 is 1.79 bits per heavy atom. The van der Waals surface area contributed by atoms with E-state index in [9.17, 15) is 0 Å². The van der Waals surface area contributed by atoms with E-state index < -0.39 is 0 Å². The van der Waals surface area contributed by atoms with Gasteiger partial charge >= 0.3 is 0 Å². The lowest BCUT2D eigenvalue weighted by molar-refractivity contribution is 0.0863. The first-order valence-electron chi connectivity index (χ1n) is 10.1. The second-order valence-electron chi connectivity index (χ2n) is 7.40. The lowest BCUT2D eigenvalue weighted by Gasteiger charge is -2.39. The summed E-state index contributed by atoms with van der Waals surface area (Å²) in [5.41, 5.74) is 0. The molecule has 1 saturated heterocycles. The zero-order valence-electron chi connectivity index (χ0n) is 15.5. The summed E-state index contributed by atoms with van der Waals surface area (Å²) in [6.07, 6.45) is 10.1. The van der Waals surface area contributed by atoms with Crippen LogP contribution >= 0.6 is 0 Å². The number of piperazine rings is 1. The van der Waals surface area contributed by atoms with Gasteiger partial charge in [0.25, 0.3) is 0 Å². The quantitative estimate of drug-likeness (QED) is 0.767. The Bertz CT molecular complexity index is 474. The maximum atomic E-state index is 4.51. The summed E-state index contributed by atoms with van der Waals surface area (Å²) in [6.45, 7) is 10.3. The lowest BCUT2D eigenvalue weighted by atomic mass is 9.95. The minimum absolute atomic E-state index is 0.390. The fourth-order valence-electron chi connectivity index (χ4n) is 4.27. The SMILES string of the molecule is CCCC[C@H](c1nnnn1C1CCCCC1)N1CCN(CC)CC1. The Morgan fingerprint density at radius 3 is 2.46 bits per heavy atom. The number of hydrogen-bond acceptors (Lipinski definition) is 5. The van der Waals surface area contributed by atoms with Crippen molar-refractivity contribution in [2.75, 3.05) is 32.7 Å². The van der Waals surface area contributed by atoms with Crippen LogP contribution in [-0.4, -0.2) is 62.7 Å². The molecule has 0 radical (unpaired) electrons. The van der Waals surface area contributed by atoms with Crippen molar-refractivity contribution in [1.82, 2.24) is 30.0 Å². The summed E-state index contributed by atoms with van der Waals surface area (Å²) in [7, 11) is 0. The first-order chi connectivity index (χ1) is 11.8. The van der Waals surface area contributed by atoms with E-state index in [4.69, 9.17) is 0 Å². The van der Waals surface area contributed by atoms with Crippen molar-refractivity contribution in [3.8, 4) is 0 Å². The average Bonchev–Trinajstić information content (AvgIpc) is 3.13. The molecule has 0 bridgehead atoms. The van der Waals surface area contributed by atoms with Crippen LogP contribution < -0.4 is 0 Å². The van der Waals surface area contributed by atoms with Crippen LogP contribution in [0.1, 0.15) is 83.1 Å². The van der Waals surface area contributed by atoms with Gasteiger partial charge in [0.2, 0.25) is 0 Å². The van der Waals surface area contributed by atoms with Crippen molar-refractivity contribution in [1.29, 1.82) is 0 Å². The van der Waals surface area contributed by atoms with Crippen LogP contribution in [0.15, 0.2) is 0 Å². The number of likely N-dealkylation sites (N-methyl/N-ethyl adjacent to an activating group) is 1. The fourth-order valence-corrected chi connectivity index (χ4v) is 4.27. The minimum Gasteiger partial charge on any atom is -0.301 e. The molecule has 0 spiro atoms. The molecular weight excluding hydrogens is 300 g/mol. The maximum absolute atomic E-state index is 4.51. The molecule has 0 N–H and O–H groups in total. The van der Waals surface area contributed by atoms with Crippen LogP contribution in [0.25, 0.3) is 0 Å². The summed E-state index contributed by atoms with van der Waals surface area (Å²) in [4.78, 5) is 5.17. The summed E-state index contributed by atoms with van der Waals surface area (Å²) >= 11 is 0. The van der Waals surface area contributed by atoms with Crippen molar-refractivity contribution >= 4 is 0 Å². The molecule has 24 heavy (non-hydrogen) atoms. The van der Waals surface area contributed by atoms with Gasteiger partial charge in [-0.05, 0) is 36.2 Å². The highest BCUT2D eigenvalue weighted by Crippen LogP contribution is 2.32. The van der Waals surface area contributed by atoms with Crippen molar-refractivity contribution in [3.05, 3.63) is 5.82 Å². The Hall–Kier alpha value is -1.01. The van der Waals surface area contributed by atoms with E-state index in [-0.39, 0.29) is 0 Å². The van der Waals surface area contributed by atoms with Gasteiger partial charge in [-0.3, -0.25) is 4.90 Å². The van der Waals surface area contributed by atoms with E-state index in [1.54, 1.807) is 0 Å². The third-order valence-electron chi connectivity index (χ3n) is 5.86. The topological polar surface area (TPSA) is 50.1 Å². The van der Waals surface area contributed by atoms with Gasteiger partial charge in [-0.15, -0.1) is 5.10 Å². The molecule has 1 aliphatic carbocycles. The van der Waals surface area contributed by atoms with Gasteiger partial charge < -0.3 is 4.90 Å². The van der Waals surface area contributed by atoms with E-state index in [0.717, 1.165) is 25.5 Å². The number of aromatic nitrogens is 4. The zero-order chi connectivity index (χ0) is 16.8. The maximum Gasteiger partial charge on any atom is 0.168 e. The third-order valence-corrected chi connectivity index (χ3v) is 5.86. The number of rotatable bonds is 7. The third kappa shape index (κ3) is 4.14. The Balaban J connectivity index is 1.75. The molecular formula is C18H34N6. The zero-order valence-corrected chi connectivity index (χ0v) is 15.5. The first kappa shape index (κ1) is 17.8. The Kier molecular flexibility index (Phi) is 6.60. The standard InChI is InChI=1S/C18H34N6/c1-3-5-11-17(23-14-12-22(4-2)13-15-23)18-19-20-21-24(18)16-9-7-6-8-10-16/h16-17H,3-15H2,1-2H3/t17-/m1/s1. The van der Waals surface area contributed by atoms with Gasteiger partial charge in [0.05, 0.1) is 12.1 Å². The molecule has 0 unspecified atom stereocenters. The number of nitrogens with zero attached hydrogens (tertiary/aromatic N) is 6. The normalized spacial score (nSPS) is 22.8. The van der Waals surface area contributed by atoms with Crippen molar-refractivity contribution in [2.45, 2.75) is 77.3 Å². The molecule has 136 valence electrons. The number of hydrogen-bond donors (Lipinski definition) is 0. The molecule has 2 heterocycles. The predicted octanol–water partition coefficient (Wildman–Crippen LogP) is 3.05. The van der Waals surface area contributed by atoms with E-state index in [0.29, 0.717) is 12.1 Å². The number of unbranched alkanes of at least 4 members (excludes halogenated alkanes) is 1. The number of tetrazole rings is 1. The molecule has 0 amide bonds. The monoisotopic (exact) mass is 334 g/mol. The smallest absolute Gasteiger partial charge is 0.168 e. The second-order valence-corrected chi connectivity index (χ2v) is 7.40. The van der Waals surface area contributed by atoms with Crippen LogP contribution in [0.3, 0.4) is 0 Å². The average molecular weight is 335 g/mol. The van der Waals surface area contributed by atoms with E-state index in [2.05, 4.69) is 43.9 Å². The lowest BCUT2D eigenvalue weighted by Crippen LogP contribution is -2.48. The summed E-state index contributed by atoms with van der Waals surface area (Å²) in [5, 5.41) is 13.0. The molecule has 1 aliphatic heterocycles. The highest BCUT2D eigenvalue weighted by Gasteiger charge is 2.30. The van der Waals surface area contributed by atoms with Gasteiger partial charge in [-0.25, -0.2) is 4.68 Å². The Morgan fingerprint density at radius 1 is 1.04 bits per heavy atom. The van der Waals surface area contributed by atoms with E-state index in [1.807, 2.05) is 0 Å². The van der Waals surface area contributed by atoms with Crippen LogP contribution in [0.4, 0.5) is 0 Å². The second kappa shape index (κ2) is 8.90. The molecule has 6 heteroatoms. The molecule has 3 rings (SSSR count). The van der Waals surface area contributed by atoms with Crippen LogP contribution in [0, 0.1) is 0 Å². The van der Waals surface area contributed by atoms with E-state index in [1.165, 1.54) is 64.5 Å². The van der Waals surface area contributed by atoms with Gasteiger partial charge in [-0.1, -0.05) is 46.0 Å². The molecule has 1 aromatic heterocycles. The highest BCUT2D eigenvalue weighted by atomic mass is 15.6. The van der Waals surface area contributed by atoms with Crippen molar-refractivity contribution < 1.29 is 0 Å². The minimum atomic E-state index is 0.390. The van der Waals surface area contributed by atoms with Gasteiger partial charge in [-0.2, -0.15) is 0 Å². The molecule has 2 aliphatic rings. The van der Waals surface area contributed by atoms with Crippen LogP contribution in [-0.2, 0) is 0 Å². The predicted molar refractivity (Wildman–Crippen MR) is 95.9 cm³/mol. The van der Waals surface area contributed by atoms with Gasteiger partial charge in [0.15, 0.2) is 5.82 Å². The van der Waals surface area contributed by atoms with Crippen LogP contribution in [0.2, 0.25) is 0 Å². The van der Waals surface area contributed by atoms with Gasteiger partial charge in [0, 0.05) is 26.2 Å². The molecule has 1 atom stereocenters. The first-order valence-corrected chi connectivity index (χ1v) is 10.1. The highest BCUT2D eigenvalue weighted by molar-refractivity contribution is 4.97. The molecule has 6 nitrogen and oxygen atoms in total.